The fourth-order valence-corrected chi connectivity index (χ4v) is 6.41. The molecule has 0 saturated carbocycles. The van der Waals surface area contributed by atoms with Gasteiger partial charge < -0.3 is 4.12 Å². The van der Waals surface area contributed by atoms with Crippen LogP contribution in [0.4, 0.5) is 0 Å². The minimum atomic E-state index is -3.19. The van der Waals surface area contributed by atoms with Gasteiger partial charge in [-0.3, -0.25) is 0 Å². The van der Waals surface area contributed by atoms with Crippen molar-refractivity contribution in [3.8, 4) is 0 Å². The molecule has 2 nitrogen and oxygen atoms in total. The Morgan fingerprint density at radius 2 is 1.29 bits per heavy atom. The monoisotopic (exact) mass is 259 g/mol. The first-order valence-electron chi connectivity index (χ1n) is 5.73. The molecule has 2 aromatic carbocycles. The molecule has 0 saturated heterocycles. The lowest BCUT2D eigenvalue weighted by Crippen LogP contribution is -2.60. The summed E-state index contributed by atoms with van der Waals surface area (Å²) in [5, 5.41) is 1.61. The van der Waals surface area contributed by atoms with Crippen LogP contribution in [0.1, 0.15) is 0 Å². The molecule has 0 atom stereocenters. The van der Waals surface area contributed by atoms with Gasteiger partial charge in [0.2, 0.25) is 0 Å². The Kier molecular flexibility index (Phi) is 3.91. The van der Waals surface area contributed by atoms with Gasteiger partial charge in [0.15, 0.2) is 0 Å². The third-order valence-electron chi connectivity index (χ3n) is 2.66. The number of hydrogen-bond acceptors (Lipinski definition) is 1. The summed E-state index contributed by atoms with van der Waals surface area (Å²) in [4.78, 5) is 13.1. The second-order valence-corrected chi connectivity index (χ2v) is 7.90. The molecule has 0 bridgehead atoms. The van der Waals surface area contributed by atoms with Crippen LogP contribution in [0.5, 0.6) is 0 Å². The average molecular weight is 259 g/mol. The van der Waals surface area contributed by atoms with Crippen molar-refractivity contribution in [2.24, 2.45) is 0 Å². The Morgan fingerprint density at radius 1 is 0.882 bits per heavy atom. The maximum Gasteiger partial charge on any atom is 0.428 e. The number of hydrogen-bond donors (Lipinski definition) is 0. The van der Waals surface area contributed by atoms with Crippen molar-refractivity contribution in [2.45, 2.75) is 6.55 Å². The van der Waals surface area contributed by atoms with Gasteiger partial charge in [0.1, 0.15) is 9.76 Å². The van der Waals surface area contributed by atoms with Crippen molar-refractivity contribution >= 4 is 28.7 Å². The third-order valence-corrected chi connectivity index (χ3v) is 7.62. The lowest BCUT2D eigenvalue weighted by atomic mass is 10.4. The average Bonchev–Trinajstić information content (AvgIpc) is 2.41. The predicted molar refractivity (Wildman–Crippen MR) is 74.1 cm³/mol. The number of benzene rings is 2. The standard InChI is InChI=1S/C13H15O2Si2/c1-16-15-17(14,12-8-4-2-5-9-12)13-10-6-3-7-11-13/h2-11H,16H2,1H3. The maximum absolute atomic E-state index is 13.1. The van der Waals surface area contributed by atoms with E-state index < -0.39 is 18.3 Å². The van der Waals surface area contributed by atoms with Gasteiger partial charge in [0.25, 0.3) is 0 Å². The Morgan fingerprint density at radius 3 is 1.65 bits per heavy atom. The van der Waals surface area contributed by atoms with E-state index in [1.807, 2.05) is 67.2 Å². The second kappa shape index (κ2) is 5.42. The lowest BCUT2D eigenvalue weighted by molar-refractivity contribution is 0.346. The van der Waals surface area contributed by atoms with Crippen molar-refractivity contribution in [1.82, 2.24) is 0 Å². The molecule has 4 heteroatoms. The largest absolute Gasteiger partial charge is 0.434 e. The molecule has 0 aliphatic carbocycles. The minimum absolute atomic E-state index is 0.729. The van der Waals surface area contributed by atoms with Crippen molar-refractivity contribution in [2.75, 3.05) is 0 Å². The van der Waals surface area contributed by atoms with Crippen LogP contribution >= 0.6 is 0 Å². The first-order chi connectivity index (χ1) is 8.27. The molecule has 17 heavy (non-hydrogen) atoms. The highest BCUT2D eigenvalue weighted by Crippen LogP contribution is 2.04. The van der Waals surface area contributed by atoms with Crippen LogP contribution in [0.3, 0.4) is 0 Å². The van der Waals surface area contributed by atoms with Gasteiger partial charge in [-0.1, -0.05) is 67.2 Å². The van der Waals surface area contributed by atoms with Gasteiger partial charge in [0.05, 0.1) is 0 Å². The fourth-order valence-electron chi connectivity index (χ4n) is 1.85. The van der Waals surface area contributed by atoms with E-state index in [0.717, 1.165) is 10.4 Å². The molecule has 0 aliphatic rings. The molecule has 2 rings (SSSR count). The van der Waals surface area contributed by atoms with Crippen LogP contribution < -0.4 is 10.4 Å². The topological polar surface area (TPSA) is 29.1 Å². The molecular formula is C13H15O2Si2. The van der Waals surface area contributed by atoms with Gasteiger partial charge >= 0.3 is 8.56 Å². The lowest BCUT2D eigenvalue weighted by Gasteiger charge is -2.23. The molecule has 87 valence electrons. The van der Waals surface area contributed by atoms with Crippen molar-refractivity contribution in [3.63, 3.8) is 0 Å². The molecule has 0 amide bonds. The molecule has 0 aliphatic heterocycles. The summed E-state index contributed by atoms with van der Waals surface area (Å²) in [6.45, 7) is 2.01. The summed E-state index contributed by atoms with van der Waals surface area (Å²) in [7, 11) is -3.92. The minimum Gasteiger partial charge on any atom is -0.434 e. The Labute approximate surface area is 105 Å². The van der Waals surface area contributed by atoms with E-state index in [1.165, 1.54) is 0 Å². The van der Waals surface area contributed by atoms with Crippen LogP contribution in [0.25, 0.3) is 0 Å². The van der Waals surface area contributed by atoms with Crippen LogP contribution in [-0.4, -0.2) is 18.3 Å². The molecule has 0 N–H and O–H groups in total. The summed E-state index contributed by atoms with van der Waals surface area (Å²) in [6, 6.07) is 19.0. The highest BCUT2D eigenvalue weighted by molar-refractivity contribution is 6.93. The molecule has 0 aromatic heterocycles. The van der Waals surface area contributed by atoms with E-state index in [4.69, 9.17) is 4.12 Å². The summed E-state index contributed by atoms with van der Waals surface area (Å²) in [5.41, 5.74) is 0. The molecule has 0 fully saturated rings. The van der Waals surface area contributed by atoms with Crippen molar-refractivity contribution in [1.29, 1.82) is 0 Å². The van der Waals surface area contributed by atoms with Crippen LogP contribution in [0.2, 0.25) is 6.55 Å². The molecule has 0 heterocycles. The normalized spacial score (nSPS) is 12.1. The highest BCUT2D eigenvalue weighted by Gasteiger charge is 2.39. The fraction of sp³-hybridized carbons (Fsp3) is 0.0769. The van der Waals surface area contributed by atoms with Gasteiger partial charge in [-0.2, -0.15) is 0 Å². The van der Waals surface area contributed by atoms with E-state index >= 15 is 0 Å². The first kappa shape index (κ1) is 12.3. The summed E-state index contributed by atoms with van der Waals surface area (Å²) < 4.78 is 5.72. The zero-order valence-corrected chi connectivity index (χ0v) is 12.2. The summed E-state index contributed by atoms with van der Waals surface area (Å²) >= 11 is 0. The van der Waals surface area contributed by atoms with Gasteiger partial charge in [-0.15, -0.1) is 0 Å². The molecule has 2 aromatic rings. The maximum atomic E-state index is 13.1. The predicted octanol–water partition coefficient (Wildman–Crippen LogP) is 0.822. The third kappa shape index (κ3) is 2.55. The molecule has 1 radical (unpaired) electrons. The molecule has 0 spiro atoms. The zero-order chi connectivity index (χ0) is 12.1. The van der Waals surface area contributed by atoms with Gasteiger partial charge in [0, 0.05) is 0 Å². The van der Waals surface area contributed by atoms with E-state index in [1.54, 1.807) is 0 Å². The summed E-state index contributed by atoms with van der Waals surface area (Å²) in [5.74, 6) is 0. The van der Waals surface area contributed by atoms with E-state index in [9.17, 15) is 4.80 Å². The highest BCUT2D eigenvalue weighted by atomic mass is 28.4. The quantitative estimate of drug-likeness (QED) is 0.748. The SMILES string of the molecule is C[SiH2]O[Si]([O])(c1ccccc1)c1ccccc1. The van der Waals surface area contributed by atoms with Crippen molar-refractivity contribution in [3.05, 3.63) is 60.7 Å². The van der Waals surface area contributed by atoms with E-state index in [0.29, 0.717) is 0 Å². The van der Waals surface area contributed by atoms with E-state index in [-0.39, 0.29) is 0 Å². The molecule has 0 unspecified atom stereocenters. The summed E-state index contributed by atoms with van der Waals surface area (Å²) in [6.07, 6.45) is 0. The van der Waals surface area contributed by atoms with Crippen molar-refractivity contribution < 1.29 is 8.91 Å². The van der Waals surface area contributed by atoms with E-state index in [2.05, 4.69) is 0 Å². The number of rotatable bonds is 4. The Hall–Kier alpha value is -1.21. The Balaban J connectivity index is 2.47. The smallest absolute Gasteiger partial charge is 0.428 e. The van der Waals surface area contributed by atoms with Gasteiger partial charge in [-0.05, 0) is 10.4 Å². The zero-order valence-electron chi connectivity index (χ0n) is 9.80. The second-order valence-electron chi connectivity index (χ2n) is 3.78. The van der Waals surface area contributed by atoms with Crippen LogP contribution in [0.15, 0.2) is 60.7 Å². The van der Waals surface area contributed by atoms with Crippen LogP contribution in [-0.2, 0) is 8.91 Å². The van der Waals surface area contributed by atoms with Crippen LogP contribution in [0, 0.1) is 0 Å². The molecular weight excluding hydrogens is 244 g/mol. The first-order valence-corrected chi connectivity index (χ1v) is 9.53. The van der Waals surface area contributed by atoms with Gasteiger partial charge in [-0.25, -0.2) is 4.80 Å². The Bertz CT molecular complexity index is 420.